The topological polar surface area (TPSA) is 20.2 Å². The van der Waals surface area contributed by atoms with Crippen LogP contribution >= 0.6 is 0 Å². The molecule has 0 spiro atoms. The molecule has 0 aromatic heterocycles. The fraction of sp³-hybridized carbons (Fsp3) is 0. The van der Waals surface area contributed by atoms with Crippen molar-refractivity contribution in [3.05, 3.63) is 66.7 Å². The van der Waals surface area contributed by atoms with E-state index in [1.54, 1.807) is 12.1 Å². The molecule has 0 fully saturated rings. The molecule has 0 amide bonds. The predicted octanol–water partition coefficient (Wildman–Crippen LogP) is 3.67. The molecule has 0 saturated carbocycles. The second-order valence-corrected chi connectivity index (χ2v) is 3.30. The van der Waals surface area contributed by atoms with E-state index < -0.39 is 0 Å². The molecule has 0 unspecified atom stereocenters. The van der Waals surface area contributed by atoms with E-state index in [0.29, 0.717) is 5.75 Å². The number of phenolic OH excluding ortho intramolecular Hbond substituents is 1. The van der Waals surface area contributed by atoms with Gasteiger partial charge in [-0.2, -0.15) is 0 Å². The molecule has 15 heavy (non-hydrogen) atoms. The summed E-state index contributed by atoms with van der Waals surface area (Å²) in [5.41, 5.74) is 0. The molecule has 0 aliphatic carbocycles. The first-order valence-corrected chi connectivity index (χ1v) is 4.87. The van der Waals surface area contributed by atoms with Crippen molar-refractivity contribution in [3.8, 4) is 5.75 Å². The van der Waals surface area contributed by atoms with Crippen LogP contribution in [0.4, 0.5) is 0 Å². The molecule has 0 heterocycles. The van der Waals surface area contributed by atoms with Crippen molar-refractivity contribution in [2.45, 2.75) is 0 Å². The first-order chi connectivity index (χ1) is 7.36. The van der Waals surface area contributed by atoms with Crippen molar-refractivity contribution in [1.29, 1.82) is 0 Å². The highest BCUT2D eigenvalue weighted by molar-refractivity contribution is 5.82. The Bertz CT molecular complexity index is 516. The fourth-order valence-electron chi connectivity index (χ4n) is 1.43. The van der Waals surface area contributed by atoms with Gasteiger partial charge in [0.05, 0.1) is 0 Å². The number of aromatic hydroxyl groups is 1. The van der Waals surface area contributed by atoms with Crippen molar-refractivity contribution in [2.24, 2.45) is 0 Å². The first-order valence-electron chi connectivity index (χ1n) is 4.87. The highest BCUT2D eigenvalue weighted by atomic mass is 16.3. The van der Waals surface area contributed by atoms with Crippen LogP contribution in [0.5, 0.6) is 5.75 Å². The third-order valence-corrected chi connectivity index (χ3v) is 2.18. The minimum Gasteiger partial charge on any atom is -0.508 e. The average Bonchev–Trinajstić information content (AvgIpc) is 2.25. The van der Waals surface area contributed by atoms with Crippen LogP contribution in [0, 0.1) is 0 Å². The van der Waals surface area contributed by atoms with Gasteiger partial charge < -0.3 is 5.11 Å². The molecule has 0 bridgehead atoms. The van der Waals surface area contributed by atoms with Gasteiger partial charge in [0.25, 0.3) is 0 Å². The molecule has 74 valence electrons. The van der Waals surface area contributed by atoms with Crippen LogP contribution in [-0.2, 0) is 0 Å². The van der Waals surface area contributed by atoms with Gasteiger partial charge in [-0.1, -0.05) is 54.6 Å². The Morgan fingerprint density at radius 1 is 0.600 bits per heavy atom. The lowest BCUT2D eigenvalue weighted by Crippen LogP contribution is -1.67. The number of phenols is 1. The molecule has 0 atom stereocenters. The molecule has 0 aliphatic heterocycles. The Kier molecular flexibility index (Phi) is 2.84. The predicted molar refractivity (Wildman–Crippen MR) is 63.2 cm³/mol. The second-order valence-electron chi connectivity index (χ2n) is 3.30. The van der Waals surface area contributed by atoms with Crippen molar-refractivity contribution < 1.29 is 5.11 Å². The first kappa shape index (κ1) is 9.53. The van der Waals surface area contributed by atoms with Gasteiger partial charge in [-0.05, 0) is 22.9 Å². The summed E-state index contributed by atoms with van der Waals surface area (Å²) in [7, 11) is 0. The number of fused-ring (bicyclic) bond motifs is 1. The summed E-state index contributed by atoms with van der Waals surface area (Å²) in [4.78, 5) is 0. The van der Waals surface area contributed by atoms with Gasteiger partial charge in [-0.3, -0.25) is 0 Å². The third kappa shape index (κ3) is 2.47. The van der Waals surface area contributed by atoms with E-state index in [4.69, 9.17) is 0 Å². The quantitative estimate of drug-likeness (QED) is 0.681. The van der Waals surface area contributed by atoms with E-state index in [-0.39, 0.29) is 0 Å². The second kappa shape index (κ2) is 4.47. The highest BCUT2D eigenvalue weighted by Crippen LogP contribution is 2.17. The van der Waals surface area contributed by atoms with Gasteiger partial charge >= 0.3 is 0 Å². The van der Waals surface area contributed by atoms with E-state index in [1.807, 2.05) is 54.6 Å². The van der Waals surface area contributed by atoms with Gasteiger partial charge in [0.2, 0.25) is 0 Å². The number of hydrogen-bond acceptors (Lipinski definition) is 1. The Hall–Kier alpha value is -2.02. The molecule has 1 heteroatoms. The van der Waals surface area contributed by atoms with Crippen molar-refractivity contribution in [2.75, 3.05) is 0 Å². The standard InChI is InChI=1S/C14H12O/c15-14-10-9-12-7-5-3-1-2-4-6-8-13(12)11-14/h1-11,15H. The summed E-state index contributed by atoms with van der Waals surface area (Å²) in [5, 5.41) is 11.5. The lowest BCUT2D eigenvalue weighted by atomic mass is 10.1. The van der Waals surface area contributed by atoms with Crippen LogP contribution in [0.2, 0.25) is 0 Å². The van der Waals surface area contributed by atoms with Crippen molar-refractivity contribution in [1.82, 2.24) is 0 Å². The van der Waals surface area contributed by atoms with E-state index in [1.165, 1.54) is 0 Å². The largest absolute Gasteiger partial charge is 0.508 e. The maximum Gasteiger partial charge on any atom is 0.116 e. The van der Waals surface area contributed by atoms with Gasteiger partial charge in [0.15, 0.2) is 0 Å². The molecule has 1 nitrogen and oxygen atoms in total. The lowest BCUT2D eigenvalue weighted by molar-refractivity contribution is 0.476. The van der Waals surface area contributed by atoms with Crippen molar-refractivity contribution in [3.63, 3.8) is 0 Å². The zero-order valence-corrected chi connectivity index (χ0v) is 8.30. The summed E-state index contributed by atoms with van der Waals surface area (Å²) < 4.78 is 0. The fourth-order valence-corrected chi connectivity index (χ4v) is 1.43. The third-order valence-electron chi connectivity index (χ3n) is 2.18. The molecular formula is C14H12O. The van der Waals surface area contributed by atoms with Crippen LogP contribution in [0.15, 0.2) is 66.7 Å². The number of rotatable bonds is 0. The molecule has 1 N–H and O–H groups in total. The van der Waals surface area contributed by atoms with Crippen LogP contribution in [-0.4, -0.2) is 5.11 Å². The van der Waals surface area contributed by atoms with Gasteiger partial charge in [0.1, 0.15) is 5.75 Å². The molecule has 0 saturated heterocycles. The van der Waals surface area contributed by atoms with Crippen LogP contribution in [0.1, 0.15) is 0 Å². The van der Waals surface area contributed by atoms with Crippen LogP contribution in [0.3, 0.4) is 0 Å². The van der Waals surface area contributed by atoms with E-state index in [2.05, 4.69) is 0 Å². The molecule has 2 aromatic carbocycles. The summed E-state index contributed by atoms with van der Waals surface area (Å²) >= 11 is 0. The Labute approximate surface area is 88.9 Å². The summed E-state index contributed by atoms with van der Waals surface area (Å²) in [6.07, 6.45) is 0. The highest BCUT2D eigenvalue weighted by Gasteiger charge is 1.89. The molecule has 2 rings (SSSR count). The number of benzene rings is 1. The van der Waals surface area contributed by atoms with E-state index in [0.717, 1.165) is 10.8 Å². The normalized spacial score (nSPS) is 9.60. The molecule has 0 radical (unpaired) electrons. The number of hydrogen-bond donors (Lipinski definition) is 1. The summed E-state index contributed by atoms with van der Waals surface area (Å²) in [5.74, 6) is 0.295. The Balaban J connectivity index is 2.77. The maximum absolute atomic E-state index is 9.39. The molecule has 2 aromatic rings. The van der Waals surface area contributed by atoms with Gasteiger partial charge in [-0.15, -0.1) is 0 Å². The molecular weight excluding hydrogens is 184 g/mol. The minimum atomic E-state index is 0.295. The zero-order valence-electron chi connectivity index (χ0n) is 8.30. The smallest absolute Gasteiger partial charge is 0.116 e. The van der Waals surface area contributed by atoms with E-state index in [9.17, 15) is 5.11 Å². The van der Waals surface area contributed by atoms with Crippen molar-refractivity contribution >= 4 is 10.8 Å². The Morgan fingerprint density at radius 2 is 1.20 bits per heavy atom. The maximum atomic E-state index is 9.39. The van der Waals surface area contributed by atoms with Crippen LogP contribution < -0.4 is 0 Å². The monoisotopic (exact) mass is 196 g/mol. The van der Waals surface area contributed by atoms with Crippen LogP contribution in [0.25, 0.3) is 10.8 Å². The summed E-state index contributed by atoms with van der Waals surface area (Å²) in [6.45, 7) is 0. The molecule has 0 aliphatic rings. The summed E-state index contributed by atoms with van der Waals surface area (Å²) in [6, 6.07) is 21.2. The van der Waals surface area contributed by atoms with E-state index >= 15 is 0 Å². The minimum absolute atomic E-state index is 0.295. The zero-order chi connectivity index (χ0) is 10.5. The SMILES string of the molecule is Oc1ccc2ccccccccc2c1. The average molecular weight is 196 g/mol. The Morgan fingerprint density at radius 3 is 1.93 bits per heavy atom. The van der Waals surface area contributed by atoms with Gasteiger partial charge in [0, 0.05) is 0 Å². The lowest BCUT2D eigenvalue weighted by Gasteiger charge is -1.94. The van der Waals surface area contributed by atoms with Gasteiger partial charge in [-0.25, -0.2) is 0 Å².